The first-order valence-electron chi connectivity index (χ1n) is 7.12. The minimum Gasteiger partial charge on any atom is -0.383 e. The molecule has 1 saturated heterocycles. The van der Waals surface area contributed by atoms with Gasteiger partial charge in [0.1, 0.15) is 0 Å². The molecule has 1 aliphatic heterocycles. The van der Waals surface area contributed by atoms with E-state index < -0.39 is 0 Å². The summed E-state index contributed by atoms with van der Waals surface area (Å²) in [5, 5.41) is 5.51. The zero-order valence-corrected chi connectivity index (χ0v) is 15.6. The SMILES string of the molecule is CCC1SCCSC1C(NN)c1c(Br)cnn1CCOC. The summed E-state index contributed by atoms with van der Waals surface area (Å²) in [6.07, 6.45) is 3.00. The van der Waals surface area contributed by atoms with Crippen LogP contribution in [0.15, 0.2) is 10.7 Å². The van der Waals surface area contributed by atoms with Crippen LogP contribution in [-0.4, -0.2) is 45.5 Å². The molecule has 21 heavy (non-hydrogen) atoms. The van der Waals surface area contributed by atoms with Crippen LogP contribution < -0.4 is 11.3 Å². The third kappa shape index (κ3) is 4.17. The van der Waals surface area contributed by atoms with Gasteiger partial charge in [-0.25, -0.2) is 0 Å². The van der Waals surface area contributed by atoms with E-state index in [9.17, 15) is 0 Å². The highest BCUT2D eigenvalue weighted by molar-refractivity contribution is 9.10. The summed E-state index contributed by atoms with van der Waals surface area (Å²) in [4.78, 5) is 0. The number of rotatable bonds is 7. The molecule has 0 bridgehead atoms. The molecule has 0 radical (unpaired) electrons. The van der Waals surface area contributed by atoms with Gasteiger partial charge in [-0.2, -0.15) is 28.6 Å². The van der Waals surface area contributed by atoms with Gasteiger partial charge < -0.3 is 4.74 Å². The Hall–Kier alpha value is 0.270. The molecule has 0 spiro atoms. The Morgan fingerprint density at radius 3 is 3.00 bits per heavy atom. The lowest BCUT2D eigenvalue weighted by molar-refractivity contribution is 0.181. The Morgan fingerprint density at radius 2 is 2.33 bits per heavy atom. The second kappa shape index (κ2) is 8.79. The van der Waals surface area contributed by atoms with Crippen LogP contribution in [0.5, 0.6) is 0 Å². The van der Waals surface area contributed by atoms with Gasteiger partial charge >= 0.3 is 0 Å². The van der Waals surface area contributed by atoms with Gasteiger partial charge in [0.25, 0.3) is 0 Å². The quantitative estimate of drug-likeness (QED) is 0.546. The van der Waals surface area contributed by atoms with Gasteiger partial charge in [0.2, 0.25) is 0 Å². The monoisotopic (exact) mass is 394 g/mol. The van der Waals surface area contributed by atoms with Crippen LogP contribution in [0.4, 0.5) is 0 Å². The van der Waals surface area contributed by atoms with Gasteiger partial charge in [-0.3, -0.25) is 16.0 Å². The van der Waals surface area contributed by atoms with Crippen LogP contribution in [0.25, 0.3) is 0 Å². The zero-order chi connectivity index (χ0) is 15.2. The number of ether oxygens (including phenoxy) is 1. The first kappa shape index (κ1) is 17.6. The van der Waals surface area contributed by atoms with E-state index >= 15 is 0 Å². The van der Waals surface area contributed by atoms with Crippen molar-refractivity contribution in [3.05, 3.63) is 16.4 Å². The fourth-order valence-electron chi connectivity index (χ4n) is 2.61. The molecule has 0 saturated carbocycles. The van der Waals surface area contributed by atoms with Crippen molar-refractivity contribution in [3.63, 3.8) is 0 Å². The van der Waals surface area contributed by atoms with Crippen molar-refractivity contribution in [2.24, 2.45) is 5.84 Å². The number of methoxy groups -OCH3 is 1. The highest BCUT2D eigenvalue weighted by atomic mass is 79.9. The predicted octanol–water partition coefficient (Wildman–Crippen LogP) is 2.42. The summed E-state index contributed by atoms with van der Waals surface area (Å²) >= 11 is 7.69. The van der Waals surface area contributed by atoms with Crippen LogP contribution >= 0.6 is 39.5 Å². The number of hydrogen-bond donors (Lipinski definition) is 2. The summed E-state index contributed by atoms with van der Waals surface area (Å²) in [6, 6.07) is 0.0847. The molecule has 0 amide bonds. The van der Waals surface area contributed by atoms with Crippen molar-refractivity contribution >= 4 is 39.5 Å². The number of nitrogens with one attached hydrogen (secondary N) is 1. The number of hydrogen-bond acceptors (Lipinski definition) is 6. The van der Waals surface area contributed by atoms with Crippen molar-refractivity contribution in [1.82, 2.24) is 15.2 Å². The number of halogens is 1. The molecule has 120 valence electrons. The van der Waals surface area contributed by atoms with E-state index in [4.69, 9.17) is 10.6 Å². The molecule has 8 heteroatoms. The Labute approximate surface area is 143 Å². The average molecular weight is 395 g/mol. The topological polar surface area (TPSA) is 65.1 Å². The average Bonchev–Trinajstić information content (AvgIpc) is 2.88. The van der Waals surface area contributed by atoms with E-state index in [2.05, 4.69) is 45.1 Å². The lowest BCUT2D eigenvalue weighted by atomic mass is 10.1. The first-order valence-corrected chi connectivity index (χ1v) is 10.0. The molecular weight excluding hydrogens is 372 g/mol. The smallest absolute Gasteiger partial charge is 0.0769 e. The predicted molar refractivity (Wildman–Crippen MR) is 94.7 cm³/mol. The Kier molecular flexibility index (Phi) is 7.37. The molecule has 3 N–H and O–H groups in total. The highest BCUT2D eigenvalue weighted by Crippen LogP contribution is 2.41. The summed E-state index contributed by atoms with van der Waals surface area (Å²) in [5.74, 6) is 8.31. The lowest BCUT2D eigenvalue weighted by Crippen LogP contribution is -2.43. The Bertz CT molecular complexity index is 446. The van der Waals surface area contributed by atoms with Crippen molar-refractivity contribution in [2.75, 3.05) is 25.2 Å². The van der Waals surface area contributed by atoms with Crippen molar-refractivity contribution < 1.29 is 4.74 Å². The van der Waals surface area contributed by atoms with E-state index in [1.165, 1.54) is 11.5 Å². The van der Waals surface area contributed by atoms with Crippen LogP contribution in [0.2, 0.25) is 0 Å². The zero-order valence-electron chi connectivity index (χ0n) is 12.4. The van der Waals surface area contributed by atoms with Crippen molar-refractivity contribution in [1.29, 1.82) is 0 Å². The van der Waals surface area contributed by atoms with Gasteiger partial charge in [-0.1, -0.05) is 6.92 Å². The number of hydrazine groups is 1. The molecule has 2 rings (SSSR count). The second-order valence-corrected chi connectivity index (χ2v) is 8.38. The number of aromatic nitrogens is 2. The van der Waals surface area contributed by atoms with Gasteiger partial charge in [0.05, 0.1) is 35.6 Å². The maximum atomic E-state index is 5.91. The Morgan fingerprint density at radius 1 is 1.57 bits per heavy atom. The maximum Gasteiger partial charge on any atom is 0.0769 e. The van der Waals surface area contributed by atoms with Crippen LogP contribution in [0.1, 0.15) is 25.1 Å². The molecule has 1 aromatic rings. The highest BCUT2D eigenvalue weighted by Gasteiger charge is 2.35. The maximum absolute atomic E-state index is 5.91. The Balaban J connectivity index is 2.25. The minimum atomic E-state index is 0.0847. The third-order valence-electron chi connectivity index (χ3n) is 3.64. The number of nitrogens with two attached hydrogens (primary N) is 1. The normalized spacial score (nSPS) is 24.2. The van der Waals surface area contributed by atoms with Crippen molar-refractivity contribution in [2.45, 2.75) is 36.4 Å². The summed E-state index contributed by atoms with van der Waals surface area (Å²) in [6.45, 7) is 3.63. The molecule has 2 heterocycles. The fraction of sp³-hybridized carbons (Fsp3) is 0.769. The van der Waals surface area contributed by atoms with Gasteiger partial charge in [-0.05, 0) is 22.4 Å². The molecule has 3 unspecified atom stereocenters. The van der Waals surface area contributed by atoms with E-state index in [0.717, 1.165) is 23.1 Å². The lowest BCUT2D eigenvalue weighted by Gasteiger charge is -2.36. The molecule has 3 atom stereocenters. The van der Waals surface area contributed by atoms with Gasteiger partial charge in [-0.15, -0.1) is 0 Å². The number of thioether (sulfide) groups is 2. The van der Waals surface area contributed by atoms with Crippen LogP contribution in [0, 0.1) is 0 Å². The number of nitrogens with zero attached hydrogens (tertiary/aromatic N) is 2. The van der Waals surface area contributed by atoms with Gasteiger partial charge in [0, 0.05) is 29.1 Å². The minimum absolute atomic E-state index is 0.0847. The summed E-state index contributed by atoms with van der Waals surface area (Å²) in [7, 11) is 1.71. The second-order valence-electron chi connectivity index (χ2n) is 4.89. The molecule has 5 nitrogen and oxygen atoms in total. The van der Waals surface area contributed by atoms with Crippen LogP contribution in [-0.2, 0) is 11.3 Å². The van der Waals surface area contributed by atoms with E-state index in [0.29, 0.717) is 17.1 Å². The van der Waals surface area contributed by atoms with Crippen LogP contribution in [0.3, 0.4) is 0 Å². The fourth-order valence-corrected chi connectivity index (χ4v) is 6.36. The van der Waals surface area contributed by atoms with Gasteiger partial charge in [0.15, 0.2) is 0 Å². The van der Waals surface area contributed by atoms with Crippen molar-refractivity contribution in [3.8, 4) is 0 Å². The third-order valence-corrected chi connectivity index (χ3v) is 7.60. The molecule has 0 aliphatic carbocycles. The molecular formula is C13H23BrN4OS2. The van der Waals surface area contributed by atoms with E-state index in [-0.39, 0.29) is 6.04 Å². The molecule has 1 aromatic heterocycles. The molecule has 1 fully saturated rings. The first-order chi connectivity index (χ1) is 10.2. The van der Waals surface area contributed by atoms with E-state index in [1.54, 1.807) is 7.11 Å². The molecule has 0 aromatic carbocycles. The molecule has 1 aliphatic rings. The largest absolute Gasteiger partial charge is 0.383 e. The standard InChI is InChI=1S/C13H23BrN4OS2/c1-3-10-13(21-7-6-20-10)11(17-15)12-9(14)8-16-18(12)4-5-19-2/h8,10-11,13,17H,3-7,15H2,1-2H3. The van der Waals surface area contributed by atoms with E-state index in [1.807, 2.05) is 22.6 Å². The summed E-state index contributed by atoms with van der Waals surface area (Å²) in [5.41, 5.74) is 4.15. The summed E-state index contributed by atoms with van der Waals surface area (Å²) < 4.78 is 8.17.